The monoisotopic (exact) mass is 347 g/mol. The van der Waals surface area contributed by atoms with Crippen molar-refractivity contribution in [3.8, 4) is 12.1 Å². The average Bonchev–Trinajstić information content (AvgIpc) is 2.69. The third-order valence-corrected chi connectivity index (χ3v) is 5.29. The maximum absolute atomic E-state index is 12.1. The van der Waals surface area contributed by atoms with Crippen LogP contribution < -0.4 is 0 Å². The highest BCUT2D eigenvalue weighted by molar-refractivity contribution is 5.38. The smallest absolute Gasteiger partial charge is 0.254 e. The number of aliphatic hydroxyl groups is 1. The van der Waals surface area contributed by atoms with Crippen LogP contribution in [0.3, 0.4) is 0 Å². The van der Waals surface area contributed by atoms with Crippen LogP contribution in [0.2, 0.25) is 0 Å². The molecule has 0 unspecified atom stereocenters. The van der Waals surface area contributed by atoms with Crippen molar-refractivity contribution in [2.24, 2.45) is 5.41 Å². The van der Waals surface area contributed by atoms with Crippen LogP contribution in [-0.2, 0) is 5.60 Å². The Morgan fingerprint density at radius 1 is 1.00 bits per heavy atom. The van der Waals surface area contributed by atoms with Gasteiger partial charge in [0, 0.05) is 4.92 Å². The number of nitriles is 2. The minimum Gasteiger partial charge on any atom is -0.378 e. The van der Waals surface area contributed by atoms with E-state index in [9.17, 15) is 25.7 Å². The van der Waals surface area contributed by atoms with Gasteiger partial charge in [0.15, 0.2) is 11.0 Å². The van der Waals surface area contributed by atoms with Gasteiger partial charge in [-0.3, -0.25) is 10.1 Å². The lowest BCUT2D eigenvalue weighted by Crippen LogP contribution is -2.56. The predicted octanol–water partition coefficient (Wildman–Crippen LogP) is 3.13. The van der Waals surface area contributed by atoms with Crippen molar-refractivity contribution < 1.29 is 10.0 Å². The van der Waals surface area contributed by atoms with Crippen molar-refractivity contribution in [1.29, 1.82) is 10.5 Å². The second-order valence-electron chi connectivity index (χ2n) is 6.60. The first-order chi connectivity index (χ1) is 12.5. The summed E-state index contributed by atoms with van der Waals surface area (Å²) in [5, 5.41) is 42.9. The number of hydrogen-bond donors (Lipinski definition) is 1. The van der Waals surface area contributed by atoms with Crippen LogP contribution in [0.5, 0.6) is 0 Å². The number of hydrogen-bond acceptors (Lipinski definition) is 5. The molecule has 3 rings (SSSR count). The predicted molar refractivity (Wildman–Crippen MR) is 93.2 cm³/mol. The number of benzene rings is 2. The molecule has 1 fully saturated rings. The van der Waals surface area contributed by atoms with Crippen LogP contribution in [0.25, 0.3) is 0 Å². The van der Waals surface area contributed by atoms with E-state index in [2.05, 4.69) is 0 Å². The van der Waals surface area contributed by atoms with Crippen molar-refractivity contribution in [3.63, 3.8) is 0 Å². The third kappa shape index (κ3) is 2.61. The quantitative estimate of drug-likeness (QED) is 0.677. The van der Waals surface area contributed by atoms with Gasteiger partial charge in [-0.2, -0.15) is 10.5 Å². The molecular weight excluding hydrogens is 330 g/mol. The minimum atomic E-state index is -1.76. The highest BCUT2D eigenvalue weighted by Gasteiger charge is 2.63. The fourth-order valence-electron chi connectivity index (χ4n) is 3.98. The Morgan fingerprint density at radius 2 is 1.54 bits per heavy atom. The molecule has 1 N–H and O–H groups in total. The van der Waals surface area contributed by atoms with Gasteiger partial charge < -0.3 is 5.11 Å². The van der Waals surface area contributed by atoms with Gasteiger partial charge in [0.25, 0.3) is 6.04 Å². The maximum atomic E-state index is 12.1. The fraction of sp³-hybridized carbons (Fsp3) is 0.300. The third-order valence-electron chi connectivity index (χ3n) is 5.29. The number of nitro groups is 1. The summed E-state index contributed by atoms with van der Waals surface area (Å²) >= 11 is 0. The first-order valence-corrected chi connectivity index (χ1v) is 8.27. The molecule has 6 heteroatoms. The Hall–Kier alpha value is -3.22. The molecule has 3 atom stereocenters. The van der Waals surface area contributed by atoms with Crippen molar-refractivity contribution in [1.82, 2.24) is 0 Å². The van der Waals surface area contributed by atoms with Gasteiger partial charge in [0.1, 0.15) is 0 Å². The van der Waals surface area contributed by atoms with Crippen molar-refractivity contribution in [2.75, 3.05) is 0 Å². The van der Waals surface area contributed by atoms with E-state index >= 15 is 0 Å². The van der Waals surface area contributed by atoms with E-state index in [4.69, 9.17) is 0 Å². The van der Waals surface area contributed by atoms with E-state index in [1.54, 1.807) is 60.7 Å². The molecule has 2 aromatic carbocycles. The van der Waals surface area contributed by atoms with Crippen molar-refractivity contribution in [2.45, 2.75) is 30.4 Å². The molecule has 6 nitrogen and oxygen atoms in total. The van der Waals surface area contributed by atoms with Crippen LogP contribution in [0, 0.1) is 38.2 Å². The van der Waals surface area contributed by atoms with Gasteiger partial charge in [0.05, 0.1) is 18.1 Å². The molecule has 0 amide bonds. The molecule has 0 saturated heterocycles. The van der Waals surface area contributed by atoms with Gasteiger partial charge in [-0.1, -0.05) is 60.7 Å². The summed E-state index contributed by atoms with van der Waals surface area (Å²) in [6.45, 7) is 0. The molecule has 130 valence electrons. The van der Waals surface area contributed by atoms with Crippen LogP contribution in [-0.4, -0.2) is 16.1 Å². The second-order valence-corrected chi connectivity index (χ2v) is 6.60. The number of rotatable bonds is 3. The Labute approximate surface area is 151 Å². The zero-order valence-electron chi connectivity index (χ0n) is 13.9. The molecule has 0 spiro atoms. The molecule has 0 bridgehead atoms. The van der Waals surface area contributed by atoms with E-state index in [1.807, 2.05) is 12.1 Å². The maximum Gasteiger partial charge on any atom is 0.254 e. The number of nitrogens with zero attached hydrogens (tertiary/aromatic N) is 3. The summed E-state index contributed by atoms with van der Waals surface area (Å²) in [6, 6.07) is 19.5. The molecule has 1 aliphatic rings. The molecule has 0 aromatic heterocycles. The van der Waals surface area contributed by atoms with E-state index in [0.29, 0.717) is 11.1 Å². The minimum absolute atomic E-state index is 0.0346. The van der Waals surface area contributed by atoms with Gasteiger partial charge in [0.2, 0.25) is 0 Å². The molecule has 1 saturated carbocycles. The average molecular weight is 347 g/mol. The van der Waals surface area contributed by atoms with E-state index in [0.717, 1.165) is 0 Å². The fourth-order valence-corrected chi connectivity index (χ4v) is 3.98. The van der Waals surface area contributed by atoms with E-state index in [-0.39, 0.29) is 12.8 Å². The lowest BCUT2D eigenvalue weighted by molar-refractivity contribution is -0.559. The van der Waals surface area contributed by atoms with Gasteiger partial charge in [-0.25, -0.2) is 0 Å². The largest absolute Gasteiger partial charge is 0.378 e. The SMILES string of the molecule is N#CC1(C#N)CC[C@@](O)(c2ccccc2)[C@H]([N+](=O)[O-])[C@H]1c1ccccc1. The summed E-state index contributed by atoms with van der Waals surface area (Å²) in [5.41, 5.74) is -2.40. The highest BCUT2D eigenvalue weighted by atomic mass is 16.6. The van der Waals surface area contributed by atoms with Gasteiger partial charge >= 0.3 is 0 Å². The van der Waals surface area contributed by atoms with Gasteiger partial charge in [-0.15, -0.1) is 0 Å². The molecule has 2 aromatic rings. The lowest BCUT2D eigenvalue weighted by Gasteiger charge is -2.44. The molecule has 0 aliphatic heterocycles. The van der Waals surface area contributed by atoms with Crippen LogP contribution >= 0.6 is 0 Å². The summed E-state index contributed by atoms with van der Waals surface area (Å²) in [7, 11) is 0. The topological polar surface area (TPSA) is 111 Å². The van der Waals surface area contributed by atoms with Crippen LogP contribution in [0.4, 0.5) is 0 Å². The second kappa shape index (κ2) is 6.59. The zero-order chi connectivity index (χ0) is 18.8. The normalized spacial score (nSPS) is 27.0. The van der Waals surface area contributed by atoms with Crippen LogP contribution in [0.15, 0.2) is 60.7 Å². The van der Waals surface area contributed by atoms with Crippen molar-refractivity contribution >= 4 is 0 Å². The van der Waals surface area contributed by atoms with Gasteiger partial charge in [-0.05, 0) is 24.0 Å². The van der Waals surface area contributed by atoms with Crippen LogP contribution in [0.1, 0.15) is 29.9 Å². The van der Waals surface area contributed by atoms with E-state index in [1.165, 1.54) is 0 Å². The summed E-state index contributed by atoms with van der Waals surface area (Å²) in [5.74, 6) is -1.05. The zero-order valence-corrected chi connectivity index (χ0v) is 13.9. The summed E-state index contributed by atoms with van der Waals surface area (Å²) in [4.78, 5) is 11.5. The summed E-state index contributed by atoms with van der Waals surface area (Å²) < 4.78 is 0. The Morgan fingerprint density at radius 3 is 2.04 bits per heavy atom. The molecule has 1 aliphatic carbocycles. The molecular formula is C20H17N3O3. The first kappa shape index (κ1) is 17.6. The standard InChI is InChI=1S/C20H17N3O3/c21-13-19(14-22)11-12-20(24,16-9-5-2-6-10-16)18(23(25)26)17(19)15-7-3-1-4-8-15/h1-10,17-18,24H,11-12H2/t17-,18-,20-/m1/s1. The Kier molecular flexibility index (Phi) is 4.46. The Balaban J connectivity index is 2.24. The first-order valence-electron chi connectivity index (χ1n) is 8.27. The molecule has 26 heavy (non-hydrogen) atoms. The Bertz CT molecular complexity index is 872. The van der Waals surface area contributed by atoms with Crippen molar-refractivity contribution in [3.05, 3.63) is 81.9 Å². The lowest BCUT2D eigenvalue weighted by atomic mass is 9.57. The summed E-state index contributed by atoms with van der Waals surface area (Å²) in [6.07, 6.45) is 0.0163. The van der Waals surface area contributed by atoms with E-state index < -0.39 is 27.9 Å². The highest BCUT2D eigenvalue weighted by Crippen LogP contribution is 2.54. The molecule has 0 radical (unpaired) electrons. The molecule has 0 heterocycles.